The zero-order valence-electron chi connectivity index (χ0n) is 14.9. The van der Waals surface area contributed by atoms with E-state index in [1.165, 1.54) is 0 Å². The minimum Gasteiger partial charge on any atom is -0.488 e. The molecule has 0 aliphatic heterocycles. The molecule has 4 rings (SSSR count). The molecule has 0 saturated heterocycles. The molecular weight excluding hydrogens is 332 g/mol. The van der Waals surface area contributed by atoms with Crippen LogP contribution in [-0.2, 0) is 6.61 Å². The summed E-state index contributed by atoms with van der Waals surface area (Å²) in [6, 6.07) is 36.2. The number of para-hydroxylation sites is 2. The van der Waals surface area contributed by atoms with Crippen LogP contribution >= 0.6 is 0 Å². The van der Waals surface area contributed by atoms with E-state index in [2.05, 4.69) is 24.3 Å². The lowest BCUT2D eigenvalue weighted by atomic mass is 10.0. The summed E-state index contributed by atoms with van der Waals surface area (Å²) in [4.78, 5) is 0. The molecular formula is C25H20O2. The van der Waals surface area contributed by atoms with E-state index < -0.39 is 0 Å². The van der Waals surface area contributed by atoms with Crippen LogP contribution in [0.25, 0.3) is 11.1 Å². The maximum Gasteiger partial charge on any atom is 0.128 e. The van der Waals surface area contributed by atoms with Gasteiger partial charge in [-0.25, -0.2) is 0 Å². The van der Waals surface area contributed by atoms with Crippen LogP contribution in [-0.4, -0.2) is 0 Å². The maximum absolute atomic E-state index is 6.09. The molecule has 0 amide bonds. The first kappa shape index (κ1) is 16.9. The molecule has 4 aromatic rings. The lowest BCUT2D eigenvalue weighted by Crippen LogP contribution is -1.96. The van der Waals surface area contributed by atoms with Gasteiger partial charge in [-0.15, -0.1) is 0 Å². The van der Waals surface area contributed by atoms with Crippen molar-refractivity contribution in [2.45, 2.75) is 6.61 Å². The van der Waals surface area contributed by atoms with Gasteiger partial charge in [0.15, 0.2) is 0 Å². The molecule has 0 aliphatic carbocycles. The normalized spacial score (nSPS) is 10.4. The molecule has 2 nitrogen and oxygen atoms in total. The SMILES string of the molecule is c1ccc(COc2ccccc2-c2cccc(Oc3ccccc3)c2)cc1. The summed E-state index contributed by atoms with van der Waals surface area (Å²) in [6.45, 7) is 0.540. The van der Waals surface area contributed by atoms with E-state index in [9.17, 15) is 0 Å². The summed E-state index contributed by atoms with van der Waals surface area (Å²) in [5, 5.41) is 0. The molecule has 27 heavy (non-hydrogen) atoms. The van der Waals surface area contributed by atoms with Gasteiger partial charge in [-0.3, -0.25) is 0 Å². The van der Waals surface area contributed by atoms with Crippen LogP contribution in [0.2, 0.25) is 0 Å². The van der Waals surface area contributed by atoms with Crippen molar-refractivity contribution < 1.29 is 9.47 Å². The Labute approximate surface area is 159 Å². The highest BCUT2D eigenvalue weighted by Crippen LogP contribution is 2.33. The van der Waals surface area contributed by atoms with Crippen LogP contribution in [0.4, 0.5) is 0 Å². The fourth-order valence-electron chi connectivity index (χ4n) is 2.92. The Hall–Kier alpha value is -3.52. The average Bonchev–Trinajstić information content (AvgIpc) is 2.74. The second kappa shape index (κ2) is 8.24. The van der Waals surface area contributed by atoms with Gasteiger partial charge in [0.2, 0.25) is 0 Å². The van der Waals surface area contributed by atoms with Crippen LogP contribution in [0.15, 0.2) is 109 Å². The molecule has 0 unspecified atom stereocenters. The van der Waals surface area contributed by atoms with Crippen LogP contribution in [0.5, 0.6) is 17.2 Å². The lowest BCUT2D eigenvalue weighted by molar-refractivity contribution is 0.307. The van der Waals surface area contributed by atoms with Crippen molar-refractivity contribution in [3.05, 3.63) is 115 Å². The number of rotatable bonds is 6. The first-order chi connectivity index (χ1) is 13.4. The van der Waals surface area contributed by atoms with Gasteiger partial charge in [0, 0.05) is 5.56 Å². The van der Waals surface area contributed by atoms with E-state index in [4.69, 9.17) is 9.47 Å². The molecule has 0 spiro atoms. The van der Waals surface area contributed by atoms with E-state index >= 15 is 0 Å². The summed E-state index contributed by atoms with van der Waals surface area (Å²) >= 11 is 0. The molecule has 0 saturated carbocycles. The van der Waals surface area contributed by atoms with Crippen molar-refractivity contribution in [2.24, 2.45) is 0 Å². The van der Waals surface area contributed by atoms with Gasteiger partial charge in [-0.2, -0.15) is 0 Å². The van der Waals surface area contributed by atoms with Crippen molar-refractivity contribution in [1.82, 2.24) is 0 Å². The maximum atomic E-state index is 6.09. The van der Waals surface area contributed by atoms with Crippen LogP contribution < -0.4 is 9.47 Å². The summed E-state index contributed by atoms with van der Waals surface area (Å²) < 4.78 is 12.1. The Morgan fingerprint density at radius 3 is 2.04 bits per heavy atom. The van der Waals surface area contributed by atoms with Crippen LogP contribution in [0, 0.1) is 0 Å². The Kier molecular flexibility index (Phi) is 5.16. The van der Waals surface area contributed by atoms with Crippen LogP contribution in [0.3, 0.4) is 0 Å². The van der Waals surface area contributed by atoms with E-state index in [1.54, 1.807) is 0 Å². The second-order valence-corrected chi connectivity index (χ2v) is 6.21. The van der Waals surface area contributed by atoms with E-state index in [1.807, 2.05) is 84.9 Å². The third-order valence-electron chi connectivity index (χ3n) is 4.25. The molecule has 0 radical (unpaired) electrons. The smallest absolute Gasteiger partial charge is 0.128 e. The van der Waals surface area contributed by atoms with Gasteiger partial charge in [0.05, 0.1) is 0 Å². The third-order valence-corrected chi connectivity index (χ3v) is 4.25. The Morgan fingerprint density at radius 1 is 0.556 bits per heavy atom. The molecule has 0 heterocycles. The molecule has 0 aromatic heterocycles. The Bertz CT molecular complexity index is 995. The van der Waals surface area contributed by atoms with Crippen molar-refractivity contribution in [1.29, 1.82) is 0 Å². The number of hydrogen-bond acceptors (Lipinski definition) is 2. The summed E-state index contributed by atoms with van der Waals surface area (Å²) in [6.07, 6.45) is 0. The fourth-order valence-corrected chi connectivity index (χ4v) is 2.92. The molecule has 0 aliphatic rings. The molecule has 2 heteroatoms. The molecule has 132 valence electrons. The Balaban J connectivity index is 1.57. The zero-order chi connectivity index (χ0) is 18.3. The first-order valence-corrected chi connectivity index (χ1v) is 8.97. The topological polar surface area (TPSA) is 18.5 Å². The third kappa shape index (κ3) is 4.36. The lowest BCUT2D eigenvalue weighted by Gasteiger charge is -2.13. The minimum atomic E-state index is 0.540. The van der Waals surface area contributed by atoms with Gasteiger partial charge in [0.1, 0.15) is 23.9 Å². The highest BCUT2D eigenvalue weighted by Gasteiger charge is 2.08. The van der Waals surface area contributed by atoms with E-state index in [0.717, 1.165) is 33.9 Å². The van der Waals surface area contributed by atoms with Gasteiger partial charge < -0.3 is 9.47 Å². The average molecular weight is 352 g/mol. The largest absolute Gasteiger partial charge is 0.488 e. The van der Waals surface area contributed by atoms with Crippen molar-refractivity contribution in [3.63, 3.8) is 0 Å². The predicted octanol–water partition coefficient (Wildman–Crippen LogP) is 6.72. The summed E-state index contributed by atoms with van der Waals surface area (Å²) in [5.41, 5.74) is 3.26. The van der Waals surface area contributed by atoms with Crippen molar-refractivity contribution in [2.75, 3.05) is 0 Å². The standard InChI is InChI=1S/C25H20O2/c1-3-10-20(11-4-1)19-26-25-17-8-7-16-24(25)21-12-9-15-23(18-21)27-22-13-5-2-6-14-22/h1-18H,19H2. The molecule has 0 fully saturated rings. The number of hydrogen-bond donors (Lipinski definition) is 0. The van der Waals surface area contributed by atoms with E-state index in [-0.39, 0.29) is 0 Å². The Morgan fingerprint density at radius 2 is 1.22 bits per heavy atom. The molecule has 0 bridgehead atoms. The zero-order valence-corrected chi connectivity index (χ0v) is 14.9. The van der Waals surface area contributed by atoms with Gasteiger partial charge in [-0.1, -0.05) is 78.9 Å². The molecule has 4 aromatic carbocycles. The highest BCUT2D eigenvalue weighted by molar-refractivity contribution is 5.71. The van der Waals surface area contributed by atoms with Gasteiger partial charge in [-0.05, 0) is 41.5 Å². The first-order valence-electron chi connectivity index (χ1n) is 8.97. The quantitative estimate of drug-likeness (QED) is 0.383. The van der Waals surface area contributed by atoms with Gasteiger partial charge >= 0.3 is 0 Å². The summed E-state index contributed by atoms with van der Waals surface area (Å²) in [7, 11) is 0. The fraction of sp³-hybridized carbons (Fsp3) is 0.0400. The summed E-state index contributed by atoms with van der Waals surface area (Å²) in [5.74, 6) is 2.48. The minimum absolute atomic E-state index is 0.540. The molecule has 0 atom stereocenters. The second-order valence-electron chi connectivity index (χ2n) is 6.21. The van der Waals surface area contributed by atoms with E-state index in [0.29, 0.717) is 6.61 Å². The van der Waals surface area contributed by atoms with Crippen molar-refractivity contribution in [3.8, 4) is 28.4 Å². The predicted molar refractivity (Wildman–Crippen MR) is 109 cm³/mol. The highest BCUT2D eigenvalue weighted by atomic mass is 16.5. The monoisotopic (exact) mass is 352 g/mol. The van der Waals surface area contributed by atoms with Crippen LogP contribution in [0.1, 0.15) is 5.56 Å². The molecule has 0 N–H and O–H groups in total. The van der Waals surface area contributed by atoms with Gasteiger partial charge in [0.25, 0.3) is 0 Å². The number of ether oxygens (including phenoxy) is 2. The number of benzene rings is 4. The van der Waals surface area contributed by atoms with Crippen molar-refractivity contribution >= 4 is 0 Å².